The SMILES string of the molecule is C1=CNC=C(Oc2ccc(CCc3cccnc3)cc2)C=C1. The Kier molecular flexibility index (Phi) is 4.67. The van der Waals surface area contributed by atoms with Crippen molar-refractivity contribution in [2.75, 3.05) is 0 Å². The van der Waals surface area contributed by atoms with E-state index < -0.39 is 0 Å². The summed E-state index contributed by atoms with van der Waals surface area (Å²) in [5, 5.41) is 3.03. The van der Waals surface area contributed by atoms with Crippen molar-refractivity contribution in [2.24, 2.45) is 0 Å². The first-order chi connectivity index (χ1) is 10.9. The molecule has 0 amide bonds. The number of nitrogens with zero attached hydrogens (tertiary/aromatic N) is 1. The van der Waals surface area contributed by atoms with E-state index in [4.69, 9.17) is 4.74 Å². The van der Waals surface area contributed by atoms with E-state index in [1.807, 2.05) is 55.0 Å². The summed E-state index contributed by atoms with van der Waals surface area (Å²) in [6.07, 6.45) is 15.2. The topological polar surface area (TPSA) is 34.1 Å². The van der Waals surface area contributed by atoms with Gasteiger partial charge in [0.15, 0.2) is 0 Å². The fraction of sp³-hybridized carbons (Fsp3) is 0.105. The molecule has 0 spiro atoms. The Balaban J connectivity index is 1.57. The van der Waals surface area contributed by atoms with Gasteiger partial charge < -0.3 is 10.1 Å². The Morgan fingerprint density at radius 1 is 0.955 bits per heavy atom. The highest BCUT2D eigenvalue weighted by Crippen LogP contribution is 2.17. The third-order valence-electron chi connectivity index (χ3n) is 3.37. The van der Waals surface area contributed by atoms with Crippen LogP contribution in [0.15, 0.2) is 85.2 Å². The number of rotatable bonds is 5. The summed E-state index contributed by atoms with van der Waals surface area (Å²) >= 11 is 0. The normalized spacial score (nSPS) is 13.2. The van der Waals surface area contributed by atoms with Gasteiger partial charge in [-0.3, -0.25) is 4.98 Å². The first-order valence-electron chi connectivity index (χ1n) is 7.35. The molecule has 0 bridgehead atoms. The smallest absolute Gasteiger partial charge is 0.143 e. The molecule has 2 heterocycles. The van der Waals surface area contributed by atoms with E-state index in [1.54, 1.807) is 6.20 Å². The van der Waals surface area contributed by atoms with Crippen LogP contribution in [0.2, 0.25) is 0 Å². The standard InChI is InChI=1S/C19H18N2O/c1-2-12-21-15-19(5-1)22-18-10-8-16(9-11-18)6-7-17-4-3-13-20-14-17/h1-5,8-15,21H,6-7H2. The average Bonchev–Trinajstić information content (AvgIpc) is 2.84. The molecule has 2 aromatic rings. The highest BCUT2D eigenvalue weighted by Gasteiger charge is 2.00. The number of aromatic nitrogens is 1. The number of allylic oxidation sites excluding steroid dienone is 3. The molecule has 0 atom stereocenters. The van der Waals surface area contributed by atoms with E-state index in [-0.39, 0.29) is 0 Å². The number of hydrogen-bond acceptors (Lipinski definition) is 3. The minimum absolute atomic E-state index is 0.785. The third kappa shape index (κ3) is 4.09. The molecule has 1 aromatic carbocycles. The Bertz CT molecular complexity index is 685. The lowest BCUT2D eigenvalue weighted by molar-refractivity contribution is 0.441. The number of pyridine rings is 1. The molecular weight excluding hydrogens is 272 g/mol. The summed E-state index contributed by atoms with van der Waals surface area (Å²) in [6.45, 7) is 0. The zero-order valence-electron chi connectivity index (χ0n) is 12.3. The van der Waals surface area contributed by atoms with E-state index in [0.717, 1.165) is 24.4 Å². The van der Waals surface area contributed by atoms with Gasteiger partial charge in [0.05, 0.1) is 0 Å². The van der Waals surface area contributed by atoms with E-state index in [1.165, 1.54) is 11.1 Å². The Morgan fingerprint density at radius 2 is 1.82 bits per heavy atom. The van der Waals surface area contributed by atoms with Crippen molar-refractivity contribution in [2.45, 2.75) is 12.8 Å². The van der Waals surface area contributed by atoms with Gasteiger partial charge in [-0.25, -0.2) is 0 Å². The molecule has 0 radical (unpaired) electrons. The Labute approximate surface area is 130 Å². The van der Waals surface area contributed by atoms with Crippen molar-refractivity contribution < 1.29 is 4.74 Å². The summed E-state index contributed by atoms with van der Waals surface area (Å²) in [6, 6.07) is 12.3. The van der Waals surface area contributed by atoms with Crippen LogP contribution in [-0.4, -0.2) is 4.98 Å². The first-order valence-corrected chi connectivity index (χ1v) is 7.35. The van der Waals surface area contributed by atoms with E-state index >= 15 is 0 Å². The molecular formula is C19H18N2O. The molecule has 0 saturated heterocycles. The number of ether oxygens (including phenoxy) is 1. The summed E-state index contributed by atoms with van der Waals surface area (Å²) in [5.41, 5.74) is 2.55. The molecule has 1 aliphatic heterocycles. The van der Waals surface area contributed by atoms with Crippen LogP contribution in [0.5, 0.6) is 5.75 Å². The van der Waals surface area contributed by atoms with Crippen molar-refractivity contribution in [1.29, 1.82) is 0 Å². The quantitative estimate of drug-likeness (QED) is 0.910. The van der Waals surface area contributed by atoms with Gasteiger partial charge >= 0.3 is 0 Å². The third-order valence-corrected chi connectivity index (χ3v) is 3.37. The van der Waals surface area contributed by atoms with Gasteiger partial charge in [0, 0.05) is 24.8 Å². The maximum absolute atomic E-state index is 5.81. The fourth-order valence-electron chi connectivity index (χ4n) is 2.20. The molecule has 1 aromatic heterocycles. The molecule has 0 unspecified atom stereocenters. The van der Waals surface area contributed by atoms with Crippen molar-refractivity contribution in [3.8, 4) is 5.75 Å². The van der Waals surface area contributed by atoms with Gasteiger partial charge in [0.25, 0.3) is 0 Å². The predicted octanol–water partition coefficient (Wildman–Crippen LogP) is 3.76. The molecule has 0 saturated carbocycles. The van der Waals surface area contributed by atoms with Crippen molar-refractivity contribution in [1.82, 2.24) is 10.3 Å². The average molecular weight is 290 g/mol. The fourth-order valence-corrected chi connectivity index (χ4v) is 2.20. The molecule has 1 N–H and O–H groups in total. The van der Waals surface area contributed by atoms with Gasteiger partial charge in [-0.15, -0.1) is 0 Å². The summed E-state index contributed by atoms with van der Waals surface area (Å²) in [7, 11) is 0. The van der Waals surface area contributed by atoms with Crippen molar-refractivity contribution in [3.05, 3.63) is 96.3 Å². The highest BCUT2D eigenvalue weighted by atomic mass is 16.5. The van der Waals surface area contributed by atoms with E-state index in [0.29, 0.717) is 0 Å². The minimum atomic E-state index is 0.785. The van der Waals surface area contributed by atoms with Gasteiger partial charge in [0.1, 0.15) is 11.5 Å². The molecule has 3 nitrogen and oxygen atoms in total. The van der Waals surface area contributed by atoms with Gasteiger partial charge in [-0.2, -0.15) is 0 Å². The van der Waals surface area contributed by atoms with E-state index in [9.17, 15) is 0 Å². The monoisotopic (exact) mass is 290 g/mol. The zero-order chi connectivity index (χ0) is 15.0. The number of hydrogen-bond donors (Lipinski definition) is 1. The minimum Gasteiger partial charge on any atom is -0.456 e. The molecule has 0 aliphatic carbocycles. The molecule has 0 fully saturated rings. The number of aryl methyl sites for hydroxylation is 2. The van der Waals surface area contributed by atoms with Crippen LogP contribution < -0.4 is 10.1 Å². The zero-order valence-corrected chi connectivity index (χ0v) is 12.3. The van der Waals surface area contributed by atoms with Crippen LogP contribution in [0.4, 0.5) is 0 Å². The predicted molar refractivity (Wildman–Crippen MR) is 88.2 cm³/mol. The lowest BCUT2D eigenvalue weighted by Gasteiger charge is -2.07. The lowest BCUT2D eigenvalue weighted by atomic mass is 10.1. The molecule has 1 aliphatic rings. The second kappa shape index (κ2) is 7.27. The maximum Gasteiger partial charge on any atom is 0.143 e. The Morgan fingerprint density at radius 3 is 2.64 bits per heavy atom. The van der Waals surface area contributed by atoms with Crippen LogP contribution in [0.25, 0.3) is 0 Å². The second-order valence-corrected chi connectivity index (χ2v) is 5.04. The van der Waals surface area contributed by atoms with Gasteiger partial charge in [0.2, 0.25) is 0 Å². The largest absolute Gasteiger partial charge is 0.456 e. The second-order valence-electron chi connectivity index (χ2n) is 5.04. The summed E-state index contributed by atoms with van der Waals surface area (Å²) in [5.74, 6) is 1.62. The maximum atomic E-state index is 5.81. The molecule has 110 valence electrons. The highest BCUT2D eigenvalue weighted by molar-refractivity contribution is 5.32. The summed E-state index contributed by atoms with van der Waals surface area (Å²) in [4.78, 5) is 4.14. The van der Waals surface area contributed by atoms with E-state index in [2.05, 4.69) is 28.5 Å². The molecule has 22 heavy (non-hydrogen) atoms. The van der Waals surface area contributed by atoms with Crippen LogP contribution in [0.3, 0.4) is 0 Å². The Hall–Kier alpha value is -2.81. The first kappa shape index (κ1) is 14.1. The lowest BCUT2D eigenvalue weighted by Crippen LogP contribution is -1.99. The van der Waals surface area contributed by atoms with Crippen molar-refractivity contribution >= 4 is 0 Å². The molecule has 3 heteroatoms. The summed E-state index contributed by atoms with van der Waals surface area (Å²) < 4.78 is 5.81. The van der Waals surface area contributed by atoms with Gasteiger partial charge in [-0.05, 0) is 54.3 Å². The van der Waals surface area contributed by atoms with Crippen LogP contribution >= 0.6 is 0 Å². The van der Waals surface area contributed by atoms with Crippen LogP contribution in [0.1, 0.15) is 11.1 Å². The van der Waals surface area contributed by atoms with Gasteiger partial charge in [-0.1, -0.05) is 24.3 Å². The van der Waals surface area contributed by atoms with Crippen molar-refractivity contribution in [3.63, 3.8) is 0 Å². The van der Waals surface area contributed by atoms with Crippen LogP contribution in [-0.2, 0) is 12.8 Å². The number of benzene rings is 1. The number of nitrogens with one attached hydrogen (secondary N) is 1. The van der Waals surface area contributed by atoms with Crippen LogP contribution in [0, 0.1) is 0 Å². The molecule has 3 rings (SSSR count).